The zero-order chi connectivity index (χ0) is 16.5. The van der Waals surface area contributed by atoms with Gasteiger partial charge in [-0.2, -0.15) is 13.2 Å². The second-order valence-electron chi connectivity index (χ2n) is 4.52. The van der Waals surface area contributed by atoms with Gasteiger partial charge in [0.25, 0.3) is 0 Å². The summed E-state index contributed by atoms with van der Waals surface area (Å²) < 4.78 is 63.0. The molecular weight excluding hydrogens is 317 g/mol. The number of rotatable bonds is 3. The summed E-state index contributed by atoms with van der Waals surface area (Å²) in [4.78, 5) is -0.387. The molecule has 0 aliphatic rings. The van der Waals surface area contributed by atoms with E-state index >= 15 is 0 Å². The first-order chi connectivity index (χ1) is 10.2. The van der Waals surface area contributed by atoms with Crippen molar-refractivity contribution in [3.63, 3.8) is 0 Å². The minimum atomic E-state index is -4.63. The van der Waals surface area contributed by atoms with Crippen LogP contribution in [0.3, 0.4) is 0 Å². The van der Waals surface area contributed by atoms with Crippen LogP contribution in [-0.4, -0.2) is 15.5 Å². The Hall–Kier alpha value is -2.06. The van der Waals surface area contributed by atoms with E-state index in [4.69, 9.17) is 5.14 Å². The predicted molar refractivity (Wildman–Crippen MR) is 77.8 cm³/mol. The van der Waals surface area contributed by atoms with E-state index in [-0.39, 0.29) is 21.7 Å². The van der Waals surface area contributed by atoms with E-state index in [1.165, 1.54) is 19.2 Å². The third-order valence-corrected chi connectivity index (χ3v) is 4.04. The molecule has 0 aromatic heterocycles. The number of halogens is 3. The first-order valence-corrected chi connectivity index (χ1v) is 7.71. The van der Waals surface area contributed by atoms with Crippen LogP contribution in [0.1, 0.15) is 5.56 Å². The van der Waals surface area contributed by atoms with Gasteiger partial charge >= 0.3 is 6.18 Å². The lowest BCUT2D eigenvalue weighted by atomic mass is 9.97. The van der Waals surface area contributed by atoms with E-state index in [1.807, 2.05) is 0 Å². The van der Waals surface area contributed by atoms with E-state index in [0.29, 0.717) is 0 Å². The quantitative estimate of drug-likeness (QED) is 0.908. The van der Waals surface area contributed by atoms with Gasteiger partial charge in [0.2, 0.25) is 10.0 Å². The number of hydrogen-bond acceptors (Lipinski definition) is 3. The van der Waals surface area contributed by atoms with Crippen LogP contribution in [-0.2, 0) is 16.2 Å². The first-order valence-electron chi connectivity index (χ1n) is 6.16. The van der Waals surface area contributed by atoms with Crippen molar-refractivity contribution in [2.24, 2.45) is 5.14 Å². The van der Waals surface area contributed by atoms with Gasteiger partial charge in [0.1, 0.15) is 4.90 Å². The van der Waals surface area contributed by atoms with Crippen molar-refractivity contribution >= 4 is 15.7 Å². The summed E-state index contributed by atoms with van der Waals surface area (Å²) in [5.74, 6) is 0. The molecule has 0 bridgehead atoms. The third-order valence-electron chi connectivity index (χ3n) is 3.09. The largest absolute Gasteiger partial charge is 0.417 e. The molecule has 0 aliphatic carbocycles. The Balaban J connectivity index is 2.92. The minimum Gasteiger partial charge on any atom is -0.387 e. The van der Waals surface area contributed by atoms with Crippen LogP contribution in [0.15, 0.2) is 47.4 Å². The first kappa shape index (κ1) is 16.3. The molecule has 4 nitrogen and oxygen atoms in total. The number of benzene rings is 2. The van der Waals surface area contributed by atoms with Crippen molar-refractivity contribution in [1.29, 1.82) is 0 Å². The summed E-state index contributed by atoms with van der Waals surface area (Å²) >= 11 is 0. The Labute approximate surface area is 125 Å². The molecule has 0 unspecified atom stereocenters. The number of primary sulfonamides is 1. The third kappa shape index (κ3) is 3.07. The molecule has 0 amide bonds. The summed E-state index contributed by atoms with van der Waals surface area (Å²) in [6.45, 7) is 0. The number of nitrogens with one attached hydrogen (secondary N) is 1. The van der Waals surface area contributed by atoms with Crippen LogP contribution in [0.2, 0.25) is 0 Å². The SMILES string of the molecule is CNc1c(S(N)(=O)=O)ccc(C(F)(F)F)c1-c1ccccc1. The van der Waals surface area contributed by atoms with Crippen LogP contribution < -0.4 is 10.5 Å². The average Bonchev–Trinajstić information content (AvgIpc) is 2.44. The van der Waals surface area contributed by atoms with Gasteiger partial charge in [-0.15, -0.1) is 0 Å². The monoisotopic (exact) mass is 330 g/mol. The maximum Gasteiger partial charge on any atom is 0.417 e. The van der Waals surface area contributed by atoms with E-state index in [2.05, 4.69) is 5.32 Å². The fraction of sp³-hybridized carbons (Fsp3) is 0.143. The van der Waals surface area contributed by atoms with Crippen LogP contribution in [0.4, 0.5) is 18.9 Å². The summed E-state index contributed by atoms with van der Waals surface area (Å²) in [5, 5.41) is 7.61. The molecule has 2 aromatic carbocycles. The highest BCUT2D eigenvalue weighted by molar-refractivity contribution is 7.89. The summed E-state index contributed by atoms with van der Waals surface area (Å²) in [6.07, 6.45) is -4.63. The lowest BCUT2D eigenvalue weighted by Gasteiger charge is -2.19. The molecule has 3 N–H and O–H groups in total. The van der Waals surface area contributed by atoms with E-state index in [9.17, 15) is 21.6 Å². The molecule has 0 atom stereocenters. The van der Waals surface area contributed by atoms with Crippen LogP contribution >= 0.6 is 0 Å². The zero-order valence-corrected chi connectivity index (χ0v) is 12.3. The van der Waals surface area contributed by atoms with Crippen molar-refractivity contribution in [3.05, 3.63) is 48.0 Å². The highest BCUT2D eigenvalue weighted by Gasteiger charge is 2.36. The van der Waals surface area contributed by atoms with Crippen molar-refractivity contribution in [3.8, 4) is 11.1 Å². The normalized spacial score (nSPS) is 12.2. The highest BCUT2D eigenvalue weighted by atomic mass is 32.2. The summed E-state index contributed by atoms with van der Waals surface area (Å²) in [5.41, 5.74) is -1.12. The minimum absolute atomic E-state index is 0.177. The van der Waals surface area contributed by atoms with E-state index in [1.54, 1.807) is 18.2 Å². The topological polar surface area (TPSA) is 72.2 Å². The lowest BCUT2D eigenvalue weighted by molar-refractivity contribution is -0.137. The van der Waals surface area contributed by atoms with Crippen molar-refractivity contribution in [1.82, 2.24) is 0 Å². The van der Waals surface area contributed by atoms with Gasteiger partial charge in [0.05, 0.1) is 11.3 Å². The molecule has 0 saturated heterocycles. The molecular formula is C14H13F3N2O2S. The zero-order valence-electron chi connectivity index (χ0n) is 11.5. The standard InChI is InChI=1S/C14H13F3N2O2S/c1-19-13-11(22(18,20)21)8-7-10(14(15,16)17)12(13)9-5-3-2-4-6-9/h2-8,19H,1H3,(H2,18,20,21). The van der Waals surface area contributed by atoms with Crippen molar-refractivity contribution < 1.29 is 21.6 Å². The van der Waals surface area contributed by atoms with Gasteiger partial charge in [-0.05, 0) is 17.7 Å². The fourth-order valence-corrected chi connectivity index (χ4v) is 2.96. The maximum absolute atomic E-state index is 13.3. The number of anilines is 1. The van der Waals surface area contributed by atoms with Gasteiger partial charge in [0, 0.05) is 12.6 Å². The molecule has 0 aliphatic heterocycles. The second kappa shape index (κ2) is 5.62. The molecule has 0 spiro atoms. The second-order valence-corrected chi connectivity index (χ2v) is 6.05. The molecule has 0 radical (unpaired) electrons. The predicted octanol–water partition coefficient (Wildman–Crippen LogP) is 3.06. The smallest absolute Gasteiger partial charge is 0.387 e. The average molecular weight is 330 g/mol. The number of hydrogen-bond donors (Lipinski definition) is 2. The molecule has 22 heavy (non-hydrogen) atoms. The fourth-order valence-electron chi connectivity index (χ4n) is 2.21. The molecule has 0 heterocycles. The van der Waals surface area contributed by atoms with Gasteiger partial charge in [-0.1, -0.05) is 30.3 Å². The van der Waals surface area contributed by atoms with Gasteiger partial charge < -0.3 is 5.32 Å². The Morgan fingerprint density at radius 2 is 1.64 bits per heavy atom. The van der Waals surface area contributed by atoms with Gasteiger partial charge in [-0.25, -0.2) is 13.6 Å². The maximum atomic E-state index is 13.3. The van der Waals surface area contributed by atoms with Crippen LogP contribution in [0, 0.1) is 0 Å². The molecule has 2 aromatic rings. The number of nitrogens with two attached hydrogens (primary N) is 1. The molecule has 0 saturated carbocycles. The van der Waals surface area contributed by atoms with Crippen LogP contribution in [0.5, 0.6) is 0 Å². The highest BCUT2D eigenvalue weighted by Crippen LogP contribution is 2.43. The van der Waals surface area contributed by atoms with Crippen molar-refractivity contribution in [2.45, 2.75) is 11.1 Å². The lowest BCUT2D eigenvalue weighted by Crippen LogP contribution is -2.17. The molecule has 2 rings (SSSR count). The van der Waals surface area contributed by atoms with Crippen LogP contribution in [0.25, 0.3) is 11.1 Å². The Bertz CT molecular complexity index is 788. The summed E-state index contributed by atoms with van der Waals surface area (Å²) in [6, 6.07) is 9.31. The van der Waals surface area contributed by atoms with Gasteiger partial charge in [-0.3, -0.25) is 0 Å². The molecule has 8 heteroatoms. The number of alkyl halides is 3. The number of sulfonamides is 1. The van der Waals surface area contributed by atoms with Gasteiger partial charge in [0.15, 0.2) is 0 Å². The van der Waals surface area contributed by atoms with E-state index in [0.717, 1.165) is 12.1 Å². The van der Waals surface area contributed by atoms with E-state index < -0.39 is 21.8 Å². The Kier molecular flexibility index (Phi) is 4.17. The van der Waals surface area contributed by atoms with Crippen molar-refractivity contribution in [2.75, 3.05) is 12.4 Å². The Morgan fingerprint density at radius 1 is 1.05 bits per heavy atom. The summed E-state index contributed by atoms with van der Waals surface area (Å²) in [7, 11) is -2.82. The molecule has 0 fully saturated rings. The Morgan fingerprint density at radius 3 is 2.09 bits per heavy atom. The molecule has 118 valence electrons.